The standard InChI is InChI=1S/C16H23N3O3/c1-11(2)8-14(15(20)22-3)18-16(21)19-10-13-7-5-4-6-12(13)9-17-19/h4-7,11,14,17H,8-10H2,1-3H3,(H,18,21)/t14-/m0/s1. The molecule has 6 heteroatoms. The van der Waals surface area contributed by atoms with Gasteiger partial charge >= 0.3 is 12.0 Å². The number of hydrogen-bond donors (Lipinski definition) is 2. The van der Waals surface area contributed by atoms with Crippen LogP contribution >= 0.6 is 0 Å². The van der Waals surface area contributed by atoms with Crippen molar-refractivity contribution in [2.75, 3.05) is 7.11 Å². The van der Waals surface area contributed by atoms with Crippen molar-refractivity contribution in [3.8, 4) is 0 Å². The lowest BCUT2D eigenvalue weighted by Crippen LogP contribution is -2.54. The van der Waals surface area contributed by atoms with E-state index in [-0.39, 0.29) is 11.9 Å². The van der Waals surface area contributed by atoms with Crippen LogP contribution in [0.2, 0.25) is 0 Å². The normalized spacial score (nSPS) is 15.2. The molecule has 0 saturated carbocycles. The van der Waals surface area contributed by atoms with E-state index in [1.165, 1.54) is 17.7 Å². The van der Waals surface area contributed by atoms with Crippen molar-refractivity contribution in [3.63, 3.8) is 0 Å². The number of urea groups is 1. The molecule has 1 atom stereocenters. The molecular formula is C16H23N3O3. The van der Waals surface area contributed by atoms with Gasteiger partial charge < -0.3 is 10.1 Å². The number of hydrazine groups is 1. The van der Waals surface area contributed by atoms with Crippen LogP contribution in [0, 0.1) is 5.92 Å². The monoisotopic (exact) mass is 305 g/mol. The summed E-state index contributed by atoms with van der Waals surface area (Å²) in [7, 11) is 1.33. The molecule has 0 saturated heterocycles. The smallest absolute Gasteiger partial charge is 0.332 e. The molecule has 0 fully saturated rings. The molecule has 120 valence electrons. The van der Waals surface area contributed by atoms with Gasteiger partial charge in [0.15, 0.2) is 0 Å². The maximum atomic E-state index is 12.4. The summed E-state index contributed by atoms with van der Waals surface area (Å²) in [5.74, 6) is -0.140. The van der Waals surface area contributed by atoms with Crippen molar-refractivity contribution in [2.45, 2.75) is 39.4 Å². The minimum absolute atomic E-state index is 0.277. The highest BCUT2D eigenvalue weighted by atomic mass is 16.5. The Kier molecular flexibility index (Phi) is 5.38. The van der Waals surface area contributed by atoms with Crippen molar-refractivity contribution in [2.24, 2.45) is 5.92 Å². The molecule has 1 aliphatic rings. The van der Waals surface area contributed by atoms with Crippen LogP contribution in [0.3, 0.4) is 0 Å². The highest BCUT2D eigenvalue weighted by molar-refractivity contribution is 5.83. The fourth-order valence-electron chi connectivity index (χ4n) is 2.49. The average molecular weight is 305 g/mol. The summed E-state index contributed by atoms with van der Waals surface area (Å²) in [6.45, 7) is 5.06. The zero-order chi connectivity index (χ0) is 16.1. The SMILES string of the molecule is COC(=O)[C@H](CC(C)C)NC(=O)N1Cc2ccccc2CN1. The maximum Gasteiger partial charge on any atom is 0.332 e. The molecule has 2 N–H and O–H groups in total. The molecule has 0 aliphatic carbocycles. The predicted molar refractivity (Wildman–Crippen MR) is 82.6 cm³/mol. The number of nitrogens with zero attached hydrogens (tertiary/aromatic N) is 1. The van der Waals surface area contributed by atoms with Gasteiger partial charge in [0, 0.05) is 6.54 Å². The predicted octanol–water partition coefficient (Wildman–Crippen LogP) is 1.80. The number of benzene rings is 1. The Hall–Kier alpha value is -2.08. The molecule has 2 rings (SSSR count). The quantitative estimate of drug-likeness (QED) is 0.832. The molecule has 1 aliphatic heterocycles. The Morgan fingerprint density at radius 1 is 1.32 bits per heavy atom. The summed E-state index contributed by atoms with van der Waals surface area (Å²) >= 11 is 0. The van der Waals surface area contributed by atoms with Gasteiger partial charge in [-0.25, -0.2) is 15.0 Å². The molecular weight excluding hydrogens is 282 g/mol. The van der Waals surface area contributed by atoms with E-state index in [4.69, 9.17) is 4.74 Å². The number of esters is 1. The zero-order valence-corrected chi connectivity index (χ0v) is 13.3. The van der Waals surface area contributed by atoms with Crippen LogP contribution in [-0.4, -0.2) is 30.2 Å². The van der Waals surface area contributed by atoms with Gasteiger partial charge in [-0.15, -0.1) is 0 Å². The van der Waals surface area contributed by atoms with E-state index in [0.29, 0.717) is 19.5 Å². The van der Waals surface area contributed by atoms with Gasteiger partial charge in [0.2, 0.25) is 0 Å². The van der Waals surface area contributed by atoms with Gasteiger partial charge in [0.05, 0.1) is 13.7 Å². The molecule has 1 heterocycles. The van der Waals surface area contributed by atoms with Gasteiger partial charge in [-0.1, -0.05) is 38.1 Å². The summed E-state index contributed by atoms with van der Waals surface area (Å²) in [4.78, 5) is 24.2. The van der Waals surface area contributed by atoms with Gasteiger partial charge in [0.1, 0.15) is 6.04 Å². The number of hydrogen-bond acceptors (Lipinski definition) is 4. The Morgan fingerprint density at radius 2 is 2.00 bits per heavy atom. The molecule has 0 spiro atoms. The second kappa shape index (κ2) is 7.26. The molecule has 0 unspecified atom stereocenters. The first-order chi connectivity index (χ1) is 10.5. The molecule has 22 heavy (non-hydrogen) atoms. The largest absolute Gasteiger partial charge is 0.467 e. The minimum Gasteiger partial charge on any atom is -0.467 e. The number of ether oxygens (including phenoxy) is 1. The van der Waals surface area contributed by atoms with Crippen LogP contribution in [0.25, 0.3) is 0 Å². The average Bonchev–Trinajstić information content (AvgIpc) is 2.52. The Labute approximate surface area is 130 Å². The van der Waals surface area contributed by atoms with E-state index < -0.39 is 12.0 Å². The van der Waals surface area contributed by atoms with E-state index in [1.54, 1.807) is 0 Å². The fourth-order valence-corrected chi connectivity index (χ4v) is 2.49. The number of fused-ring (bicyclic) bond motifs is 1. The van der Waals surface area contributed by atoms with Gasteiger partial charge in [-0.05, 0) is 23.5 Å². The minimum atomic E-state index is -0.628. The fraction of sp³-hybridized carbons (Fsp3) is 0.500. The third-order valence-corrected chi connectivity index (χ3v) is 3.64. The third kappa shape index (κ3) is 3.98. The van der Waals surface area contributed by atoms with E-state index in [9.17, 15) is 9.59 Å². The number of carbonyl (C=O) groups excluding carboxylic acids is 2. The Balaban J connectivity index is 2.00. The molecule has 2 amide bonds. The number of methoxy groups -OCH3 is 1. The van der Waals surface area contributed by atoms with Crippen molar-refractivity contribution >= 4 is 12.0 Å². The number of rotatable bonds is 4. The lowest BCUT2D eigenvalue weighted by Gasteiger charge is -2.31. The summed E-state index contributed by atoms with van der Waals surface area (Å²) in [6.07, 6.45) is 0.544. The van der Waals surface area contributed by atoms with Crippen LogP contribution in [0.5, 0.6) is 0 Å². The third-order valence-electron chi connectivity index (χ3n) is 3.64. The summed E-state index contributed by atoms with van der Waals surface area (Å²) in [5.41, 5.74) is 5.35. The van der Waals surface area contributed by atoms with E-state index in [1.807, 2.05) is 38.1 Å². The van der Waals surface area contributed by atoms with Crippen LogP contribution in [0.1, 0.15) is 31.4 Å². The lowest BCUT2D eigenvalue weighted by molar-refractivity contribution is -0.143. The Bertz CT molecular complexity index is 545. The van der Waals surface area contributed by atoms with E-state index in [0.717, 1.165) is 5.56 Å². The summed E-state index contributed by atoms with van der Waals surface area (Å²) in [6, 6.07) is 7.03. The molecule has 6 nitrogen and oxygen atoms in total. The first-order valence-corrected chi connectivity index (χ1v) is 7.47. The van der Waals surface area contributed by atoms with Gasteiger partial charge in [-0.3, -0.25) is 5.01 Å². The first kappa shape index (κ1) is 16.3. The number of amides is 2. The van der Waals surface area contributed by atoms with Crippen molar-refractivity contribution in [1.29, 1.82) is 0 Å². The maximum absolute atomic E-state index is 12.4. The summed E-state index contributed by atoms with van der Waals surface area (Å²) in [5, 5.41) is 4.25. The Morgan fingerprint density at radius 3 is 2.64 bits per heavy atom. The zero-order valence-electron chi connectivity index (χ0n) is 13.3. The first-order valence-electron chi connectivity index (χ1n) is 7.47. The molecule has 1 aromatic carbocycles. The molecule has 0 radical (unpaired) electrons. The van der Waals surface area contributed by atoms with Crippen LogP contribution in [0.15, 0.2) is 24.3 Å². The number of carbonyl (C=O) groups is 2. The lowest BCUT2D eigenvalue weighted by atomic mass is 10.0. The van der Waals surface area contributed by atoms with Crippen LogP contribution < -0.4 is 10.7 Å². The van der Waals surface area contributed by atoms with Crippen molar-refractivity contribution < 1.29 is 14.3 Å². The highest BCUT2D eigenvalue weighted by Crippen LogP contribution is 2.16. The topological polar surface area (TPSA) is 70.7 Å². The van der Waals surface area contributed by atoms with Crippen LogP contribution in [-0.2, 0) is 22.6 Å². The molecule has 0 bridgehead atoms. The van der Waals surface area contributed by atoms with Crippen molar-refractivity contribution in [3.05, 3.63) is 35.4 Å². The second-order valence-electron chi connectivity index (χ2n) is 5.84. The molecule has 0 aromatic heterocycles. The van der Waals surface area contributed by atoms with Gasteiger partial charge in [-0.2, -0.15) is 0 Å². The second-order valence-corrected chi connectivity index (χ2v) is 5.84. The van der Waals surface area contributed by atoms with Crippen molar-refractivity contribution in [1.82, 2.24) is 15.8 Å². The van der Waals surface area contributed by atoms with E-state index in [2.05, 4.69) is 10.7 Å². The van der Waals surface area contributed by atoms with Crippen LogP contribution in [0.4, 0.5) is 4.79 Å². The molecule has 1 aromatic rings. The van der Waals surface area contributed by atoms with Gasteiger partial charge in [0.25, 0.3) is 0 Å². The summed E-state index contributed by atoms with van der Waals surface area (Å²) < 4.78 is 4.77. The number of nitrogens with one attached hydrogen (secondary N) is 2. The highest BCUT2D eigenvalue weighted by Gasteiger charge is 2.26. The van der Waals surface area contributed by atoms with E-state index >= 15 is 0 Å².